The van der Waals surface area contributed by atoms with Gasteiger partial charge in [0.1, 0.15) is 0 Å². The third-order valence-electron chi connectivity index (χ3n) is 3.72. The molecule has 6 heteroatoms. The van der Waals surface area contributed by atoms with Gasteiger partial charge in [0.25, 0.3) is 0 Å². The van der Waals surface area contributed by atoms with E-state index in [1.54, 1.807) is 19.1 Å². The van der Waals surface area contributed by atoms with Gasteiger partial charge in [-0.25, -0.2) is 4.79 Å². The number of carbonyl (C=O) groups excluding carboxylic acids is 2. The molecule has 0 unspecified atom stereocenters. The second-order valence-electron chi connectivity index (χ2n) is 5.32. The van der Waals surface area contributed by atoms with Crippen molar-refractivity contribution in [2.24, 2.45) is 0 Å². The molecule has 0 atom stereocenters. The third-order valence-corrected chi connectivity index (χ3v) is 5.38. The number of ketones is 1. The summed E-state index contributed by atoms with van der Waals surface area (Å²) >= 11 is 4.62. The molecule has 2 aromatic heterocycles. The number of hydrogen-bond donors (Lipinski definition) is 0. The van der Waals surface area contributed by atoms with Crippen LogP contribution in [0.15, 0.2) is 40.2 Å². The van der Waals surface area contributed by atoms with E-state index in [4.69, 9.17) is 4.74 Å². The van der Waals surface area contributed by atoms with Crippen molar-refractivity contribution in [2.75, 3.05) is 6.61 Å². The fourth-order valence-electron chi connectivity index (χ4n) is 2.57. The predicted molar refractivity (Wildman–Crippen MR) is 97.8 cm³/mol. The van der Waals surface area contributed by atoms with Gasteiger partial charge in [0.2, 0.25) is 5.78 Å². The van der Waals surface area contributed by atoms with Gasteiger partial charge in [0, 0.05) is 5.39 Å². The highest BCUT2D eigenvalue weighted by Gasteiger charge is 2.19. The topological polar surface area (TPSA) is 56.3 Å². The van der Waals surface area contributed by atoms with Gasteiger partial charge in [-0.1, -0.05) is 18.2 Å². The van der Waals surface area contributed by atoms with Crippen molar-refractivity contribution in [3.05, 3.63) is 61.9 Å². The molecule has 0 saturated heterocycles. The molecule has 0 N–H and O–H groups in total. The van der Waals surface area contributed by atoms with Crippen molar-refractivity contribution in [3.63, 3.8) is 0 Å². The Morgan fingerprint density at radius 2 is 1.92 bits per heavy atom. The van der Waals surface area contributed by atoms with Crippen LogP contribution in [0.3, 0.4) is 0 Å². The van der Waals surface area contributed by atoms with Crippen molar-refractivity contribution in [1.29, 1.82) is 0 Å². The summed E-state index contributed by atoms with van der Waals surface area (Å²) in [5.41, 5.74) is 2.68. The standard InChI is InChI=1S/C18H14BrNO3S/c1-10-12-5-3-4-6-13(12)20-11(2)17(10)18(22)23-9-14(21)15-7-8-16(19)24-15/h3-8H,9H2,1-2H3. The molecule has 0 radical (unpaired) electrons. The zero-order chi connectivity index (χ0) is 17.3. The number of hydrogen-bond acceptors (Lipinski definition) is 5. The van der Waals surface area contributed by atoms with Crippen LogP contribution in [0.4, 0.5) is 0 Å². The smallest absolute Gasteiger partial charge is 0.340 e. The number of benzene rings is 1. The number of aryl methyl sites for hydroxylation is 2. The Kier molecular flexibility index (Phi) is 4.78. The lowest BCUT2D eigenvalue weighted by atomic mass is 10.0. The summed E-state index contributed by atoms with van der Waals surface area (Å²) in [6.45, 7) is 3.36. The summed E-state index contributed by atoms with van der Waals surface area (Å²) in [4.78, 5) is 29.5. The molecule has 3 aromatic rings. The second-order valence-corrected chi connectivity index (χ2v) is 7.78. The van der Waals surface area contributed by atoms with E-state index in [0.29, 0.717) is 16.1 Å². The van der Waals surface area contributed by atoms with E-state index in [2.05, 4.69) is 20.9 Å². The summed E-state index contributed by atoms with van der Waals surface area (Å²) in [7, 11) is 0. The highest BCUT2D eigenvalue weighted by atomic mass is 79.9. The van der Waals surface area contributed by atoms with Crippen molar-refractivity contribution >= 4 is 49.9 Å². The average molecular weight is 404 g/mol. The number of Topliss-reactive ketones (excluding diaryl/α,β-unsaturated/α-hetero) is 1. The maximum atomic E-state index is 12.5. The van der Waals surface area contributed by atoms with Gasteiger partial charge < -0.3 is 4.74 Å². The molecule has 24 heavy (non-hydrogen) atoms. The Bertz CT molecular complexity index is 949. The van der Waals surface area contributed by atoms with Crippen LogP contribution in [0.5, 0.6) is 0 Å². The Morgan fingerprint density at radius 3 is 2.62 bits per heavy atom. The number of thiophene rings is 1. The lowest BCUT2D eigenvalue weighted by Gasteiger charge is -2.11. The molecule has 2 heterocycles. The van der Waals surface area contributed by atoms with Crippen LogP contribution in [0, 0.1) is 13.8 Å². The van der Waals surface area contributed by atoms with E-state index in [0.717, 1.165) is 20.3 Å². The highest BCUT2D eigenvalue weighted by Crippen LogP contribution is 2.24. The molecule has 122 valence electrons. The molecule has 0 bridgehead atoms. The van der Waals surface area contributed by atoms with E-state index in [1.165, 1.54) is 11.3 Å². The number of carbonyl (C=O) groups is 2. The number of pyridine rings is 1. The van der Waals surface area contributed by atoms with Gasteiger partial charge in [-0.2, -0.15) is 0 Å². The fourth-order valence-corrected chi connectivity index (χ4v) is 3.88. The Morgan fingerprint density at radius 1 is 1.17 bits per heavy atom. The predicted octanol–water partition coefficient (Wildman–Crippen LogP) is 4.72. The average Bonchev–Trinajstić information content (AvgIpc) is 2.99. The van der Waals surface area contributed by atoms with Gasteiger partial charge in [-0.05, 0) is 53.5 Å². The van der Waals surface area contributed by atoms with Crippen molar-refractivity contribution in [1.82, 2.24) is 4.98 Å². The summed E-state index contributed by atoms with van der Waals surface area (Å²) in [5, 5.41) is 0.906. The Balaban J connectivity index is 1.82. The van der Waals surface area contributed by atoms with Crippen molar-refractivity contribution < 1.29 is 14.3 Å². The zero-order valence-corrected chi connectivity index (χ0v) is 15.5. The van der Waals surface area contributed by atoms with E-state index in [9.17, 15) is 9.59 Å². The minimum atomic E-state index is -0.521. The summed E-state index contributed by atoms with van der Waals surface area (Å²) < 4.78 is 6.09. The molecule has 4 nitrogen and oxygen atoms in total. The van der Waals surface area contributed by atoms with Gasteiger partial charge in [0.15, 0.2) is 6.61 Å². The van der Waals surface area contributed by atoms with Crippen LogP contribution in [0.25, 0.3) is 10.9 Å². The third kappa shape index (κ3) is 3.25. The number of halogens is 1. The minimum absolute atomic E-state index is 0.219. The molecule has 1 aromatic carbocycles. The number of rotatable bonds is 4. The SMILES string of the molecule is Cc1nc2ccccc2c(C)c1C(=O)OCC(=O)c1ccc(Br)s1. The molecule has 0 amide bonds. The summed E-state index contributed by atoms with van der Waals surface area (Å²) in [6, 6.07) is 11.1. The molecular formula is C18H14BrNO3S. The normalized spacial score (nSPS) is 10.8. The molecule has 3 rings (SSSR count). The first-order valence-electron chi connectivity index (χ1n) is 7.29. The highest BCUT2D eigenvalue weighted by molar-refractivity contribution is 9.11. The molecule has 0 spiro atoms. The maximum Gasteiger partial charge on any atom is 0.340 e. The number of aromatic nitrogens is 1. The van der Waals surface area contributed by atoms with E-state index < -0.39 is 5.97 Å². The monoisotopic (exact) mass is 403 g/mol. The van der Waals surface area contributed by atoms with Crippen LogP contribution in [0.2, 0.25) is 0 Å². The molecule has 0 aliphatic heterocycles. The Labute approximate surface area is 151 Å². The van der Waals surface area contributed by atoms with Gasteiger partial charge >= 0.3 is 5.97 Å². The van der Waals surface area contributed by atoms with Gasteiger partial charge in [-0.3, -0.25) is 9.78 Å². The van der Waals surface area contributed by atoms with Crippen molar-refractivity contribution in [2.45, 2.75) is 13.8 Å². The molecule has 0 aliphatic rings. The first-order valence-corrected chi connectivity index (χ1v) is 8.90. The van der Waals surface area contributed by atoms with Crippen LogP contribution in [-0.2, 0) is 4.74 Å². The first-order chi connectivity index (χ1) is 11.5. The quantitative estimate of drug-likeness (QED) is 0.467. The number of nitrogens with zero attached hydrogens (tertiary/aromatic N) is 1. The molecule has 0 fully saturated rings. The lowest BCUT2D eigenvalue weighted by molar-refractivity contribution is 0.0474. The summed E-state index contributed by atoms with van der Waals surface area (Å²) in [6.07, 6.45) is 0. The molecular weight excluding hydrogens is 390 g/mol. The van der Waals surface area contributed by atoms with E-state index in [1.807, 2.05) is 31.2 Å². The second kappa shape index (κ2) is 6.83. The first kappa shape index (κ1) is 16.8. The summed E-state index contributed by atoms with van der Waals surface area (Å²) in [5.74, 6) is -0.740. The van der Waals surface area contributed by atoms with Crippen LogP contribution >= 0.6 is 27.3 Å². The van der Waals surface area contributed by atoms with Crippen LogP contribution in [-0.4, -0.2) is 23.3 Å². The fraction of sp³-hybridized carbons (Fsp3) is 0.167. The lowest BCUT2D eigenvalue weighted by Crippen LogP contribution is -2.16. The largest absolute Gasteiger partial charge is 0.454 e. The van der Waals surface area contributed by atoms with Crippen molar-refractivity contribution in [3.8, 4) is 0 Å². The van der Waals surface area contributed by atoms with Crippen LogP contribution < -0.4 is 0 Å². The van der Waals surface area contributed by atoms with Gasteiger partial charge in [-0.15, -0.1) is 11.3 Å². The molecule has 0 aliphatic carbocycles. The van der Waals surface area contributed by atoms with E-state index in [-0.39, 0.29) is 12.4 Å². The van der Waals surface area contributed by atoms with E-state index >= 15 is 0 Å². The Hall–Kier alpha value is -2.05. The number of para-hydroxylation sites is 1. The minimum Gasteiger partial charge on any atom is -0.454 e. The zero-order valence-electron chi connectivity index (χ0n) is 13.1. The number of ether oxygens (including phenoxy) is 1. The molecule has 0 saturated carbocycles. The number of esters is 1. The maximum absolute atomic E-state index is 12.5. The van der Waals surface area contributed by atoms with Gasteiger partial charge in [0.05, 0.1) is 25.4 Å². The van der Waals surface area contributed by atoms with Crippen LogP contribution in [0.1, 0.15) is 31.3 Å². The number of fused-ring (bicyclic) bond motifs is 1.